The van der Waals surface area contributed by atoms with Crippen LogP contribution in [0.15, 0.2) is 18.5 Å². The number of rotatable bonds is 13. The van der Waals surface area contributed by atoms with E-state index in [4.69, 9.17) is 26.4 Å². The number of carbonyl (C=O) groups excluding carboxylic acids is 1. The Morgan fingerprint density at radius 1 is 1.38 bits per heavy atom. The fourth-order valence-electron chi connectivity index (χ4n) is 3.37. The third kappa shape index (κ3) is 7.50. The number of nitrogens with zero attached hydrogens (tertiary/aromatic N) is 4. The zero-order valence-electron chi connectivity index (χ0n) is 20.5. The monoisotopic (exact) mass is 576 g/mol. The summed E-state index contributed by atoms with van der Waals surface area (Å²) in [6.45, 7) is 4.07. The summed E-state index contributed by atoms with van der Waals surface area (Å²) in [6, 6.07) is -1.35. The molecule has 5 N–H and O–H groups in total. The second kappa shape index (κ2) is 12.2. The van der Waals surface area contributed by atoms with Crippen molar-refractivity contribution in [1.82, 2.24) is 24.6 Å². The van der Waals surface area contributed by atoms with E-state index >= 15 is 0 Å². The van der Waals surface area contributed by atoms with Gasteiger partial charge in [-0.2, -0.15) is 9.97 Å². The summed E-state index contributed by atoms with van der Waals surface area (Å²) in [4.78, 5) is 35.8. The molecular formula is C21H30ClN6O7PS. The van der Waals surface area contributed by atoms with E-state index in [0.29, 0.717) is 17.6 Å². The fraction of sp³-hybridized carbons (Fsp3) is 0.571. The van der Waals surface area contributed by atoms with Crippen LogP contribution >= 0.6 is 31.1 Å². The second-order valence-corrected chi connectivity index (χ2v) is 12.3. The van der Waals surface area contributed by atoms with Gasteiger partial charge in [0.15, 0.2) is 15.9 Å². The maximum atomic E-state index is 13.3. The van der Waals surface area contributed by atoms with Gasteiger partial charge < -0.3 is 20.5 Å². The predicted octanol–water partition coefficient (Wildman–Crippen LogP) is 2.66. The molecule has 0 radical (unpaired) electrons. The SMILES string of the molecule is CC(NP(=O)(OCCSC(=O)C(C)(C)CO)OC[C@@H]1C=C[C@H](n2cnc3c(Cl)nc(N)nc32)C1)C(=O)O. The smallest absolute Gasteiger partial charge is 0.406 e. The van der Waals surface area contributed by atoms with Gasteiger partial charge in [-0.15, -0.1) is 0 Å². The summed E-state index contributed by atoms with van der Waals surface area (Å²) in [7, 11) is -4.03. The highest BCUT2D eigenvalue weighted by atomic mass is 35.5. The van der Waals surface area contributed by atoms with Crippen molar-refractivity contribution in [3.05, 3.63) is 23.6 Å². The predicted molar refractivity (Wildman–Crippen MR) is 139 cm³/mol. The first-order chi connectivity index (χ1) is 17.3. The third-order valence-corrected chi connectivity index (χ3v) is 8.77. The fourth-order valence-corrected chi connectivity index (χ4v) is 6.05. The highest BCUT2D eigenvalue weighted by Gasteiger charge is 2.33. The lowest BCUT2D eigenvalue weighted by Gasteiger charge is -2.23. The molecule has 0 amide bonds. The maximum absolute atomic E-state index is 13.3. The van der Waals surface area contributed by atoms with Gasteiger partial charge in [0.05, 0.1) is 37.6 Å². The highest BCUT2D eigenvalue weighted by molar-refractivity contribution is 8.13. The van der Waals surface area contributed by atoms with Gasteiger partial charge in [-0.05, 0) is 27.2 Å². The Hall–Kier alpha value is -2.06. The van der Waals surface area contributed by atoms with Crippen molar-refractivity contribution >= 4 is 59.3 Å². The molecule has 13 nitrogen and oxygen atoms in total. The van der Waals surface area contributed by atoms with Crippen molar-refractivity contribution in [3.8, 4) is 0 Å². The summed E-state index contributed by atoms with van der Waals surface area (Å²) in [5.41, 5.74) is 5.70. The molecule has 0 saturated carbocycles. The molecule has 37 heavy (non-hydrogen) atoms. The van der Waals surface area contributed by atoms with Crippen LogP contribution in [0.4, 0.5) is 5.95 Å². The van der Waals surface area contributed by atoms with Crippen LogP contribution in [0.2, 0.25) is 5.15 Å². The number of carboxylic acids is 1. The molecule has 1 aliphatic rings. The Morgan fingerprint density at radius 2 is 2.11 bits per heavy atom. The Bertz CT molecular complexity index is 1230. The molecule has 1 aliphatic carbocycles. The highest BCUT2D eigenvalue weighted by Crippen LogP contribution is 2.46. The number of hydrogen-bond donors (Lipinski definition) is 4. The number of nitrogen functional groups attached to an aromatic ring is 1. The van der Waals surface area contributed by atoms with Gasteiger partial charge in [0.1, 0.15) is 11.6 Å². The standard InChI is InChI=1S/C21H30ClN6O7PS/c1-12(18(30)31)27-36(33,34-6-7-37-19(32)21(2,3)10-29)35-9-13-4-5-14(8-13)28-11-24-15-16(22)25-20(23)26-17(15)28/h4-5,11-14,29H,6-10H2,1-3H3,(H,27,33)(H,30,31)(H2,23,25,26)/t12?,13-,14+,36?/m1/s1. The number of aliphatic carboxylic acids is 1. The summed E-state index contributed by atoms with van der Waals surface area (Å²) in [5, 5.41) is 20.9. The van der Waals surface area contributed by atoms with Gasteiger partial charge in [-0.25, -0.2) is 14.6 Å². The van der Waals surface area contributed by atoms with Gasteiger partial charge in [-0.3, -0.25) is 18.6 Å². The van der Waals surface area contributed by atoms with Crippen molar-refractivity contribution in [2.45, 2.75) is 39.3 Å². The lowest BCUT2D eigenvalue weighted by Crippen LogP contribution is -2.33. The molecule has 0 spiro atoms. The molecule has 0 aliphatic heterocycles. The van der Waals surface area contributed by atoms with Crippen LogP contribution in [-0.2, 0) is 23.2 Å². The van der Waals surface area contributed by atoms with Crippen LogP contribution in [0.3, 0.4) is 0 Å². The second-order valence-electron chi connectivity index (χ2n) is 9.14. The Balaban J connectivity index is 1.60. The number of nitrogens with two attached hydrogens (primary N) is 1. The van der Waals surface area contributed by atoms with Gasteiger partial charge in [0, 0.05) is 11.7 Å². The topological polar surface area (TPSA) is 192 Å². The first-order valence-electron chi connectivity index (χ1n) is 11.4. The van der Waals surface area contributed by atoms with Crippen LogP contribution < -0.4 is 10.8 Å². The average molecular weight is 577 g/mol. The minimum Gasteiger partial charge on any atom is -0.480 e. The minimum absolute atomic E-state index is 0.0161. The summed E-state index contributed by atoms with van der Waals surface area (Å²) >= 11 is 7.03. The quantitative estimate of drug-likeness (QED) is 0.118. The normalized spacial score (nSPS) is 20.2. The number of aliphatic hydroxyl groups excluding tert-OH is 1. The van der Waals surface area contributed by atoms with Crippen molar-refractivity contribution in [2.75, 3.05) is 31.3 Å². The van der Waals surface area contributed by atoms with Gasteiger partial charge in [0.25, 0.3) is 0 Å². The van der Waals surface area contributed by atoms with E-state index in [0.717, 1.165) is 11.8 Å². The van der Waals surface area contributed by atoms with E-state index in [9.17, 15) is 24.4 Å². The summed E-state index contributed by atoms with van der Waals surface area (Å²) in [5.74, 6) is -1.23. The van der Waals surface area contributed by atoms with Crippen LogP contribution in [0.1, 0.15) is 33.2 Å². The summed E-state index contributed by atoms with van der Waals surface area (Å²) in [6.07, 6.45) is 5.96. The largest absolute Gasteiger partial charge is 0.480 e. The van der Waals surface area contributed by atoms with E-state index in [1.807, 2.05) is 12.2 Å². The molecule has 0 saturated heterocycles. The number of aromatic nitrogens is 4. The van der Waals surface area contributed by atoms with Crippen LogP contribution in [0.5, 0.6) is 0 Å². The number of hydrogen-bond acceptors (Lipinski definition) is 11. The number of thioether (sulfide) groups is 1. The molecule has 2 aromatic heterocycles. The molecule has 0 fully saturated rings. The molecule has 2 unspecified atom stereocenters. The Kier molecular flexibility index (Phi) is 9.73. The van der Waals surface area contributed by atoms with Gasteiger partial charge in [-0.1, -0.05) is 35.5 Å². The van der Waals surface area contributed by atoms with E-state index < -0.39 is 25.2 Å². The lowest BCUT2D eigenvalue weighted by atomic mass is 9.97. The maximum Gasteiger partial charge on any atom is 0.406 e. The number of anilines is 1. The zero-order valence-corrected chi connectivity index (χ0v) is 23.0. The third-order valence-electron chi connectivity index (χ3n) is 5.61. The first-order valence-corrected chi connectivity index (χ1v) is 14.3. The van der Waals surface area contributed by atoms with Gasteiger partial charge in [0.2, 0.25) is 5.95 Å². The molecule has 0 aromatic carbocycles. The number of fused-ring (bicyclic) bond motifs is 1. The minimum atomic E-state index is -4.03. The van der Waals surface area contributed by atoms with E-state index in [1.54, 1.807) is 24.7 Å². The van der Waals surface area contributed by atoms with E-state index in [1.165, 1.54) is 6.92 Å². The average Bonchev–Trinajstić information content (AvgIpc) is 3.47. The molecule has 2 heterocycles. The van der Waals surface area contributed by atoms with Crippen LogP contribution in [0, 0.1) is 11.3 Å². The molecule has 3 rings (SSSR count). The molecule has 0 bridgehead atoms. The van der Waals surface area contributed by atoms with Gasteiger partial charge >= 0.3 is 13.7 Å². The molecule has 4 atom stereocenters. The number of halogens is 1. The number of imidazole rings is 1. The summed E-state index contributed by atoms with van der Waals surface area (Å²) < 4.78 is 26.1. The number of carbonyl (C=O) groups is 2. The van der Waals surface area contributed by atoms with Crippen molar-refractivity contribution in [1.29, 1.82) is 0 Å². The lowest BCUT2D eigenvalue weighted by molar-refractivity contribution is -0.138. The van der Waals surface area contributed by atoms with E-state index in [-0.39, 0.29) is 53.7 Å². The van der Waals surface area contributed by atoms with Crippen LogP contribution in [-0.4, -0.2) is 72.4 Å². The molecule has 16 heteroatoms. The van der Waals surface area contributed by atoms with Crippen molar-refractivity contribution in [2.24, 2.45) is 11.3 Å². The van der Waals surface area contributed by atoms with Crippen molar-refractivity contribution in [3.63, 3.8) is 0 Å². The Morgan fingerprint density at radius 3 is 2.78 bits per heavy atom. The van der Waals surface area contributed by atoms with Crippen molar-refractivity contribution < 1.29 is 33.4 Å². The number of allylic oxidation sites excluding steroid dienone is 1. The number of carboxylic acid groups (broad SMARTS) is 1. The molecular weight excluding hydrogens is 547 g/mol. The first kappa shape index (κ1) is 29.5. The molecule has 204 valence electrons. The molecule has 2 aromatic rings. The zero-order chi connectivity index (χ0) is 27.4. The van der Waals surface area contributed by atoms with E-state index in [2.05, 4.69) is 20.0 Å². The van der Waals surface area contributed by atoms with Crippen LogP contribution in [0.25, 0.3) is 11.2 Å². The Labute approximate surface area is 222 Å². The number of aliphatic hydroxyl groups is 1. The number of nitrogens with one attached hydrogen (secondary N) is 1.